The minimum atomic E-state index is -4.33. The van der Waals surface area contributed by atoms with Crippen molar-refractivity contribution in [1.29, 1.82) is 0 Å². The maximum absolute atomic E-state index is 12.7. The highest BCUT2D eigenvalue weighted by Crippen LogP contribution is 2.46. The molecule has 4 rings (SSSR count). The summed E-state index contributed by atoms with van der Waals surface area (Å²) >= 11 is -0.143. The lowest BCUT2D eigenvalue weighted by Gasteiger charge is -2.40. The molecule has 0 bridgehead atoms. The molecule has 186 valence electrons. The second-order valence-electron chi connectivity index (χ2n) is 9.99. The Morgan fingerprint density at radius 1 is 1.20 bits per heavy atom. The standard InChI is InChI=1S/C26H28F3N3O2S/c1-16-12-19(15-25(2,3)14-16)32-22-10-4-17(5-11-23(33)34)13-21(22)31-24(32)30-18-6-8-20(9-7-18)35-26(27,28)29/h4-11,13,16,19H,12,14-15H2,1-3H3,(H,30,31)(H,33,34). The number of thioether (sulfide) groups is 1. The number of hydrogen-bond acceptors (Lipinski definition) is 4. The quantitative estimate of drug-likeness (QED) is 0.265. The van der Waals surface area contributed by atoms with Crippen molar-refractivity contribution in [1.82, 2.24) is 9.55 Å². The van der Waals surface area contributed by atoms with Gasteiger partial charge in [-0.15, -0.1) is 0 Å². The van der Waals surface area contributed by atoms with E-state index >= 15 is 0 Å². The summed E-state index contributed by atoms with van der Waals surface area (Å²) in [6.45, 7) is 6.80. The molecule has 2 aromatic carbocycles. The maximum Gasteiger partial charge on any atom is 0.446 e. The maximum atomic E-state index is 12.7. The van der Waals surface area contributed by atoms with E-state index in [0.717, 1.165) is 41.9 Å². The van der Waals surface area contributed by atoms with Gasteiger partial charge in [0.1, 0.15) is 0 Å². The Kier molecular flexibility index (Phi) is 6.90. The van der Waals surface area contributed by atoms with Gasteiger partial charge in [-0.2, -0.15) is 13.2 Å². The third-order valence-electron chi connectivity index (χ3n) is 6.20. The first-order valence-electron chi connectivity index (χ1n) is 11.4. The minimum absolute atomic E-state index is 0.120. The number of halogens is 3. The van der Waals surface area contributed by atoms with Crippen LogP contribution in [-0.4, -0.2) is 26.1 Å². The van der Waals surface area contributed by atoms with Crippen LogP contribution < -0.4 is 5.32 Å². The highest BCUT2D eigenvalue weighted by atomic mass is 32.2. The van der Waals surface area contributed by atoms with Crippen molar-refractivity contribution in [2.75, 3.05) is 5.32 Å². The number of benzene rings is 2. The van der Waals surface area contributed by atoms with E-state index in [9.17, 15) is 18.0 Å². The average Bonchev–Trinajstić information content (AvgIpc) is 3.08. The first-order valence-corrected chi connectivity index (χ1v) is 12.3. The molecule has 1 heterocycles. The molecule has 1 saturated carbocycles. The first-order chi connectivity index (χ1) is 16.4. The monoisotopic (exact) mass is 503 g/mol. The fourth-order valence-electron chi connectivity index (χ4n) is 5.21. The third-order valence-corrected chi connectivity index (χ3v) is 6.94. The Hall–Kier alpha value is -2.94. The van der Waals surface area contributed by atoms with Crippen LogP contribution in [-0.2, 0) is 4.79 Å². The van der Waals surface area contributed by atoms with Gasteiger partial charge in [-0.25, -0.2) is 9.78 Å². The SMILES string of the molecule is CC1CC(n2c(Nc3ccc(SC(F)(F)F)cc3)nc3cc(C=CC(=O)O)ccc32)CC(C)(C)C1. The zero-order valence-corrected chi connectivity index (χ0v) is 20.6. The predicted molar refractivity (Wildman–Crippen MR) is 134 cm³/mol. The topological polar surface area (TPSA) is 67.2 Å². The predicted octanol–water partition coefficient (Wildman–Crippen LogP) is 7.88. The molecule has 1 aromatic heterocycles. The smallest absolute Gasteiger partial charge is 0.446 e. The van der Waals surface area contributed by atoms with Gasteiger partial charge in [-0.3, -0.25) is 0 Å². The number of aromatic nitrogens is 2. The number of nitrogens with one attached hydrogen (secondary N) is 1. The van der Waals surface area contributed by atoms with Crippen molar-refractivity contribution >= 4 is 46.5 Å². The lowest BCUT2D eigenvalue weighted by atomic mass is 9.70. The van der Waals surface area contributed by atoms with Gasteiger partial charge >= 0.3 is 11.5 Å². The van der Waals surface area contributed by atoms with Gasteiger partial charge in [0, 0.05) is 22.7 Å². The van der Waals surface area contributed by atoms with Crippen LogP contribution in [0.4, 0.5) is 24.8 Å². The number of rotatable bonds is 6. The number of carboxylic acid groups (broad SMARTS) is 1. The Labute approximate surface area is 206 Å². The van der Waals surface area contributed by atoms with Crippen LogP contribution in [0.1, 0.15) is 51.6 Å². The Morgan fingerprint density at radius 3 is 2.54 bits per heavy atom. The molecule has 35 heavy (non-hydrogen) atoms. The molecule has 9 heteroatoms. The van der Waals surface area contributed by atoms with Gasteiger partial charge in [0.05, 0.1) is 11.0 Å². The van der Waals surface area contributed by atoms with Gasteiger partial charge in [-0.1, -0.05) is 26.8 Å². The number of hydrogen-bond donors (Lipinski definition) is 2. The fourth-order valence-corrected chi connectivity index (χ4v) is 5.75. The zero-order chi connectivity index (χ0) is 25.4. The summed E-state index contributed by atoms with van der Waals surface area (Å²) in [6.07, 6.45) is 5.71. The number of aliphatic carboxylic acids is 1. The molecule has 0 amide bonds. The van der Waals surface area contributed by atoms with Crippen molar-refractivity contribution in [3.05, 3.63) is 54.1 Å². The summed E-state index contributed by atoms with van der Waals surface area (Å²) in [6, 6.07) is 12.0. The number of nitrogens with zero attached hydrogens (tertiary/aromatic N) is 2. The van der Waals surface area contributed by atoms with Crippen LogP contribution in [0, 0.1) is 11.3 Å². The Bertz CT molecular complexity index is 1250. The van der Waals surface area contributed by atoms with Crippen molar-refractivity contribution in [2.45, 2.75) is 56.5 Å². The minimum Gasteiger partial charge on any atom is -0.478 e. The molecule has 1 aliphatic rings. The van der Waals surface area contributed by atoms with Crippen LogP contribution in [0.3, 0.4) is 0 Å². The Balaban J connectivity index is 1.73. The molecule has 2 N–H and O–H groups in total. The molecule has 5 nitrogen and oxygen atoms in total. The highest BCUT2D eigenvalue weighted by Gasteiger charge is 2.34. The normalized spacial score (nSPS) is 20.4. The molecule has 1 fully saturated rings. The molecular weight excluding hydrogens is 475 g/mol. The summed E-state index contributed by atoms with van der Waals surface area (Å²) < 4.78 is 40.3. The molecule has 3 aromatic rings. The number of anilines is 2. The van der Waals surface area contributed by atoms with E-state index in [1.165, 1.54) is 18.2 Å². The number of fused-ring (bicyclic) bond motifs is 1. The fraction of sp³-hybridized carbons (Fsp3) is 0.385. The van der Waals surface area contributed by atoms with E-state index in [-0.39, 0.29) is 28.1 Å². The van der Waals surface area contributed by atoms with Crippen LogP contribution in [0.2, 0.25) is 0 Å². The van der Waals surface area contributed by atoms with E-state index < -0.39 is 11.5 Å². The number of carbonyl (C=O) groups is 1. The van der Waals surface area contributed by atoms with Crippen molar-refractivity contribution < 1.29 is 23.1 Å². The van der Waals surface area contributed by atoms with E-state index in [1.807, 2.05) is 18.2 Å². The zero-order valence-electron chi connectivity index (χ0n) is 19.8. The summed E-state index contributed by atoms with van der Waals surface area (Å²) in [5, 5.41) is 12.3. The van der Waals surface area contributed by atoms with Crippen LogP contribution >= 0.6 is 11.8 Å². The number of imidazole rings is 1. The lowest BCUT2D eigenvalue weighted by molar-refractivity contribution is -0.131. The summed E-state index contributed by atoms with van der Waals surface area (Å²) in [7, 11) is 0. The van der Waals surface area contributed by atoms with Crippen molar-refractivity contribution in [2.24, 2.45) is 11.3 Å². The molecule has 0 saturated heterocycles. The molecule has 2 atom stereocenters. The number of carboxylic acids is 1. The third kappa shape index (κ3) is 6.39. The summed E-state index contributed by atoms with van der Waals surface area (Å²) in [5.41, 5.74) is -1.15. The van der Waals surface area contributed by atoms with Crippen molar-refractivity contribution in [3.63, 3.8) is 0 Å². The molecule has 1 aliphatic carbocycles. The Morgan fingerprint density at radius 2 is 1.91 bits per heavy atom. The van der Waals surface area contributed by atoms with Crippen LogP contribution in [0.25, 0.3) is 17.1 Å². The van der Waals surface area contributed by atoms with Gasteiger partial charge in [0.25, 0.3) is 0 Å². The summed E-state index contributed by atoms with van der Waals surface area (Å²) in [5.74, 6) is 0.125. The second-order valence-corrected chi connectivity index (χ2v) is 11.1. The van der Waals surface area contributed by atoms with Crippen molar-refractivity contribution in [3.8, 4) is 0 Å². The van der Waals surface area contributed by atoms with Gasteiger partial charge in [0.2, 0.25) is 5.95 Å². The molecule has 0 aliphatic heterocycles. The lowest BCUT2D eigenvalue weighted by Crippen LogP contribution is -2.29. The molecular formula is C26H28F3N3O2S. The largest absolute Gasteiger partial charge is 0.478 e. The molecule has 2 unspecified atom stereocenters. The molecule has 0 spiro atoms. The van der Waals surface area contributed by atoms with Gasteiger partial charge in [0.15, 0.2) is 0 Å². The van der Waals surface area contributed by atoms with E-state index in [0.29, 0.717) is 17.6 Å². The van der Waals surface area contributed by atoms with E-state index in [4.69, 9.17) is 10.1 Å². The second kappa shape index (κ2) is 9.60. The van der Waals surface area contributed by atoms with Crippen LogP contribution in [0.15, 0.2) is 53.4 Å². The van der Waals surface area contributed by atoms with E-state index in [1.54, 1.807) is 12.1 Å². The van der Waals surface area contributed by atoms with Gasteiger partial charge in [-0.05, 0) is 90.4 Å². The van der Waals surface area contributed by atoms with Gasteiger partial charge < -0.3 is 15.0 Å². The van der Waals surface area contributed by atoms with E-state index in [2.05, 4.69) is 30.7 Å². The molecule has 0 radical (unpaired) electrons. The first kappa shape index (κ1) is 25.2. The highest BCUT2D eigenvalue weighted by molar-refractivity contribution is 8.00. The summed E-state index contributed by atoms with van der Waals surface area (Å²) in [4.78, 5) is 15.8. The number of alkyl halides is 3. The average molecular weight is 504 g/mol. The van der Waals surface area contributed by atoms with Crippen LogP contribution in [0.5, 0.6) is 0 Å².